The highest BCUT2D eigenvalue weighted by atomic mass is 32.1. The minimum atomic E-state index is 0.126. The molecule has 1 unspecified atom stereocenters. The lowest BCUT2D eigenvalue weighted by atomic mass is 10.0. The Bertz CT molecular complexity index is 419. The first-order valence-electron chi connectivity index (χ1n) is 7.35. The molecule has 112 valence electrons. The summed E-state index contributed by atoms with van der Waals surface area (Å²) in [5.74, 6) is 0.531. The molecule has 1 fully saturated rings. The highest BCUT2D eigenvalue weighted by molar-refractivity contribution is 7.10. The zero-order chi connectivity index (χ0) is 14.5. The lowest BCUT2D eigenvalue weighted by Crippen LogP contribution is -2.53. The third-order valence-electron chi connectivity index (χ3n) is 3.82. The van der Waals surface area contributed by atoms with Crippen molar-refractivity contribution in [2.24, 2.45) is 5.92 Å². The molecule has 0 saturated carbocycles. The molecule has 2 N–H and O–H groups in total. The van der Waals surface area contributed by atoms with Crippen molar-refractivity contribution in [3.05, 3.63) is 22.4 Å². The van der Waals surface area contributed by atoms with Crippen LogP contribution in [0.4, 0.5) is 0 Å². The van der Waals surface area contributed by atoms with E-state index < -0.39 is 0 Å². The summed E-state index contributed by atoms with van der Waals surface area (Å²) in [6, 6.07) is 4.69. The number of nitrogens with one attached hydrogen (secondary N) is 2. The molecule has 1 aromatic rings. The van der Waals surface area contributed by atoms with Gasteiger partial charge in [-0.15, -0.1) is 11.3 Å². The first-order valence-corrected chi connectivity index (χ1v) is 8.23. The molecule has 1 aliphatic heterocycles. The first kappa shape index (κ1) is 15.5. The number of thiophene rings is 1. The molecular formula is C15H25N3OS. The Hall–Kier alpha value is -0.910. The van der Waals surface area contributed by atoms with E-state index in [-0.39, 0.29) is 11.9 Å². The van der Waals surface area contributed by atoms with Crippen molar-refractivity contribution < 1.29 is 4.79 Å². The van der Waals surface area contributed by atoms with Gasteiger partial charge in [0, 0.05) is 30.6 Å². The topological polar surface area (TPSA) is 44.4 Å². The monoisotopic (exact) mass is 295 g/mol. The molecule has 0 spiro atoms. The summed E-state index contributed by atoms with van der Waals surface area (Å²) in [4.78, 5) is 15.8. The van der Waals surface area contributed by atoms with Gasteiger partial charge in [0.1, 0.15) is 0 Å². The third-order valence-corrected chi connectivity index (χ3v) is 4.77. The minimum absolute atomic E-state index is 0.126. The van der Waals surface area contributed by atoms with Crippen LogP contribution in [0.25, 0.3) is 0 Å². The fraction of sp³-hybridized carbons (Fsp3) is 0.667. The Morgan fingerprint density at radius 3 is 3.00 bits per heavy atom. The molecule has 0 bridgehead atoms. The van der Waals surface area contributed by atoms with Crippen LogP contribution in [0.2, 0.25) is 0 Å². The van der Waals surface area contributed by atoms with Crippen LogP contribution in [0.1, 0.15) is 31.7 Å². The van der Waals surface area contributed by atoms with Gasteiger partial charge in [0.2, 0.25) is 5.91 Å². The molecule has 1 amide bonds. The summed E-state index contributed by atoms with van der Waals surface area (Å²) < 4.78 is 0. The maximum atomic E-state index is 12.3. The number of hydrogen-bond acceptors (Lipinski definition) is 4. The van der Waals surface area contributed by atoms with E-state index in [0.29, 0.717) is 18.5 Å². The number of carbonyl (C=O) groups is 1. The Balaban J connectivity index is 1.91. The minimum Gasteiger partial charge on any atom is -0.347 e. The van der Waals surface area contributed by atoms with Crippen LogP contribution in [0.15, 0.2) is 17.5 Å². The second-order valence-electron chi connectivity index (χ2n) is 5.83. The molecule has 20 heavy (non-hydrogen) atoms. The van der Waals surface area contributed by atoms with Gasteiger partial charge in [0.05, 0.1) is 12.6 Å². The zero-order valence-corrected chi connectivity index (χ0v) is 13.4. The lowest BCUT2D eigenvalue weighted by Gasteiger charge is -2.33. The second-order valence-corrected chi connectivity index (χ2v) is 6.81. The summed E-state index contributed by atoms with van der Waals surface area (Å²) in [5.41, 5.74) is 0. The molecule has 0 aliphatic carbocycles. The van der Waals surface area contributed by atoms with Crippen LogP contribution >= 0.6 is 11.3 Å². The number of carbonyl (C=O) groups excluding carboxylic acids is 1. The lowest BCUT2D eigenvalue weighted by molar-refractivity contribution is -0.124. The first-order chi connectivity index (χ1) is 9.58. The van der Waals surface area contributed by atoms with Gasteiger partial charge in [-0.25, -0.2) is 0 Å². The van der Waals surface area contributed by atoms with E-state index in [4.69, 9.17) is 0 Å². The van der Waals surface area contributed by atoms with Gasteiger partial charge in [0.25, 0.3) is 0 Å². The van der Waals surface area contributed by atoms with E-state index in [1.54, 1.807) is 11.3 Å². The van der Waals surface area contributed by atoms with E-state index >= 15 is 0 Å². The van der Waals surface area contributed by atoms with Crippen molar-refractivity contribution in [1.29, 1.82) is 0 Å². The van der Waals surface area contributed by atoms with E-state index in [9.17, 15) is 4.79 Å². The van der Waals surface area contributed by atoms with Crippen molar-refractivity contribution >= 4 is 17.2 Å². The predicted molar refractivity (Wildman–Crippen MR) is 83.9 cm³/mol. The molecule has 1 aliphatic rings. The van der Waals surface area contributed by atoms with Crippen molar-refractivity contribution in [2.45, 2.75) is 32.9 Å². The summed E-state index contributed by atoms with van der Waals surface area (Å²) in [6.45, 7) is 9.84. The van der Waals surface area contributed by atoms with Crippen LogP contribution in [-0.4, -0.2) is 43.0 Å². The molecule has 2 rings (SSSR count). The second kappa shape index (κ2) is 7.20. The number of hydrogen-bond donors (Lipinski definition) is 2. The van der Waals surface area contributed by atoms with Crippen LogP contribution in [0.3, 0.4) is 0 Å². The molecule has 2 atom stereocenters. The van der Waals surface area contributed by atoms with Gasteiger partial charge in [-0.3, -0.25) is 9.69 Å². The average Bonchev–Trinajstić information content (AvgIpc) is 2.92. The van der Waals surface area contributed by atoms with Crippen LogP contribution < -0.4 is 10.6 Å². The Labute approximate surface area is 125 Å². The van der Waals surface area contributed by atoms with Crippen molar-refractivity contribution in [2.75, 3.05) is 26.2 Å². The maximum Gasteiger partial charge on any atom is 0.234 e. The molecule has 0 aromatic carbocycles. The van der Waals surface area contributed by atoms with E-state index in [1.165, 1.54) is 4.88 Å². The Kier molecular flexibility index (Phi) is 5.57. The normalized spacial score (nSPS) is 21.9. The number of rotatable bonds is 5. The number of nitrogens with zero attached hydrogens (tertiary/aromatic N) is 1. The molecule has 5 heteroatoms. The quantitative estimate of drug-likeness (QED) is 0.871. The van der Waals surface area contributed by atoms with Gasteiger partial charge < -0.3 is 10.6 Å². The highest BCUT2D eigenvalue weighted by Gasteiger charge is 2.23. The summed E-state index contributed by atoms with van der Waals surface area (Å²) >= 11 is 1.71. The van der Waals surface area contributed by atoms with Gasteiger partial charge in [-0.2, -0.15) is 0 Å². The van der Waals surface area contributed by atoms with Crippen LogP contribution in [0, 0.1) is 5.92 Å². The number of piperazine rings is 1. The summed E-state index contributed by atoms with van der Waals surface area (Å²) in [5, 5.41) is 8.61. The third kappa shape index (κ3) is 4.04. The van der Waals surface area contributed by atoms with Gasteiger partial charge in [-0.05, 0) is 24.3 Å². The van der Waals surface area contributed by atoms with Crippen molar-refractivity contribution in [1.82, 2.24) is 15.5 Å². The predicted octanol–water partition coefficient (Wildman–Crippen LogP) is 1.86. The SMILES string of the molecule is CC(C)C(NC(=O)CN1CCNC[C@H]1C)c1cccs1. The molecule has 2 heterocycles. The van der Waals surface area contributed by atoms with Crippen molar-refractivity contribution in [3.63, 3.8) is 0 Å². The molecular weight excluding hydrogens is 270 g/mol. The molecule has 1 aromatic heterocycles. The van der Waals surface area contributed by atoms with Gasteiger partial charge in [0.15, 0.2) is 0 Å². The Morgan fingerprint density at radius 2 is 2.40 bits per heavy atom. The maximum absolute atomic E-state index is 12.3. The Morgan fingerprint density at radius 1 is 1.60 bits per heavy atom. The molecule has 1 saturated heterocycles. The van der Waals surface area contributed by atoms with E-state index in [2.05, 4.69) is 47.8 Å². The average molecular weight is 295 g/mol. The number of amides is 1. The standard InChI is InChI=1S/C15H25N3OS/c1-11(2)15(13-5-4-8-20-13)17-14(19)10-18-7-6-16-9-12(18)3/h4-5,8,11-12,15-16H,6-7,9-10H2,1-3H3,(H,17,19)/t12-,15?/m1/s1. The summed E-state index contributed by atoms with van der Waals surface area (Å²) in [6.07, 6.45) is 0. The van der Waals surface area contributed by atoms with Crippen molar-refractivity contribution in [3.8, 4) is 0 Å². The fourth-order valence-corrected chi connectivity index (χ4v) is 3.51. The fourth-order valence-electron chi connectivity index (χ4n) is 2.56. The zero-order valence-electron chi connectivity index (χ0n) is 12.6. The smallest absolute Gasteiger partial charge is 0.234 e. The largest absolute Gasteiger partial charge is 0.347 e. The van der Waals surface area contributed by atoms with Gasteiger partial charge >= 0.3 is 0 Å². The van der Waals surface area contributed by atoms with E-state index in [0.717, 1.165) is 19.6 Å². The molecule has 0 radical (unpaired) electrons. The van der Waals surface area contributed by atoms with Crippen LogP contribution in [-0.2, 0) is 4.79 Å². The molecule has 4 nitrogen and oxygen atoms in total. The highest BCUT2D eigenvalue weighted by Crippen LogP contribution is 2.25. The summed E-state index contributed by atoms with van der Waals surface area (Å²) in [7, 11) is 0. The van der Waals surface area contributed by atoms with Crippen LogP contribution in [0.5, 0.6) is 0 Å². The van der Waals surface area contributed by atoms with Gasteiger partial charge in [-0.1, -0.05) is 19.9 Å². The van der Waals surface area contributed by atoms with E-state index in [1.807, 2.05) is 6.07 Å².